The zero-order valence-corrected chi connectivity index (χ0v) is 10.7. The fourth-order valence-electron chi connectivity index (χ4n) is 1.31. The molecule has 1 rings (SSSR count). The third-order valence-corrected chi connectivity index (χ3v) is 3.60. The van der Waals surface area contributed by atoms with E-state index in [0.29, 0.717) is 4.90 Å². The minimum atomic E-state index is -1.29. The van der Waals surface area contributed by atoms with Crippen LogP contribution in [0, 0.1) is 0 Å². The molecule has 0 aliphatic rings. The molecule has 0 aliphatic carbocycles. The van der Waals surface area contributed by atoms with E-state index in [1.54, 1.807) is 24.3 Å². The Morgan fingerprint density at radius 2 is 1.82 bits per heavy atom. The lowest BCUT2D eigenvalue weighted by atomic mass is 10.4. The minimum absolute atomic E-state index is 0.00671. The van der Waals surface area contributed by atoms with Gasteiger partial charge in [0.05, 0.1) is 23.0 Å². The molecule has 94 valence electrons. The van der Waals surface area contributed by atoms with E-state index in [2.05, 4.69) is 0 Å². The lowest BCUT2D eigenvalue weighted by Gasteiger charge is -2.11. The van der Waals surface area contributed by atoms with E-state index in [0.717, 1.165) is 0 Å². The van der Waals surface area contributed by atoms with Crippen molar-refractivity contribution >= 4 is 16.6 Å². The first kappa shape index (κ1) is 14.0. The molecule has 0 saturated heterocycles. The summed E-state index contributed by atoms with van der Waals surface area (Å²) in [5, 5.41) is 0. The molecule has 0 aliphatic heterocycles. The van der Waals surface area contributed by atoms with E-state index >= 15 is 0 Å². The van der Waals surface area contributed by atoms with E-state index in [1.807, 2.05) is 6.07 Å². The summed E-state index contributed by atoms with van der Waals surface area (Å²) in [5.41, 5.74) is 0. The number of rotatable bonds is 7. The summed E-state index contributed by atoms with van der Waals surface area (Å²) in [4.78, 5) is 12.3. The summed E-state index contributed by atoms with van der Waals surface area (Å²) in [5.74, 6) is -0.145. The molecule has 4 nitrogen and oxygen atoms in total. The van der Waals surface area contributed by atoms with Gasteiger partial charge in [0.15, 0.2) is 12.1 Å². The zero-order chi connectivity index (χ0) is 12.7. The van der Waals surface area contributed by atoms with Crippen LogP contribution in [0.3, 0.4) is 0 Å². The third-order valence-electron chi connectivity index (χ3n) is 2.22. The van der Waals surface area contributed by atoms with Crippen LogP contribution in [-0.2, 0) is 25.1 Å². The Hall–Kier alpha value is -1.04. The minimum Gasteiger partial charge on any atom is -0.355 e. The molecule has 0 spiro atoms. The van der Waals surface area contributed by atoms with Crippen molar-refractivity contribution < 1.29 is 18.5 Å². The van der Waals surface area contributed by atoms with Gasteiger partial charge in [0.1, 0.15) is 0 Å². The summed E-state index contributed by atoms with van der Waals surface area (Å²) >= 11 is 0. The second-order valence-corrected chi connectivity index (χ2v) is 4.90. The predicted molar refractivity (Wildman–Crippen MR) is 65.1 cm³/mol. The van der Waals surface area contributed by atoms with E-state index < -0.39 is 17.1 Å². The van der Waals surface area contributed by atoms with Crippen molar-refractivity contribution in [2.45, 2.75) is 17.6 Å². The Morgan fingerprint density at radius 1 is 1.24 bits per heavy atom. The predicted octanol–water partition coefficient (Wildman–Crippen LogP) is 1.37. The molecule has 0 aromatic heterocycles. The second kappa shape index (κ2) is 7.32. The zero-order valence-electron chi connectivity index (χ0n) is 9.92. The van der Waals surface area contributed by atoms with Crippen LogP contribution in [0.15, 0.2) is 35.2 Å². The Bertz CT molecular complexity index is 373. The van der Waals surface area contributed by atoms with E-state index in [1.165, 1.54) is 14.2 Å². The van der Waals surface area contributed by atoms with Crippen LogP contribution in [0.5, 0.6) is 0 Å². The van der Waals surface area contributed by atoms with Gasteiger partial charge in [-0.05, 0) is 12.1 Å². The number of ether oxygens (including phenoxy) is 2. The van der Waals surface area contributed by atoms with Crippen molar-refractivity contribution in [1.82, 2.24) is 0 Å². The Morgan fingerprint density at radius 3 is 2.35 bits per heavy atom. The average molecular weight is 257 g/mol. The third kappa shape index (κ3) is 4.77. The largest absolute Gasteiger partial charge is 0.355 e. The van der Waals surface area contributed by atoms with Gasteiger partial charge in [-0.25, -0.2) is 0 Å². The molecule has 0 fully saturated rings. The summed E-state index contributed by atoms with van der Waals surface area (Å²) in [6.45, 7) is 0. The standard InChI is InChI=1S/C12H16O4S/c1-15-12(16-2)8-10(13)9-17(14)11-6-4-3-5-7-11/h3-7,12H,8-9H2,1-2H3/i9+1. The first-order chi connectivity index (χ1) is 8.17. The van der Waals surface area contributed by atoms with E-state index in [9.17, 15) is 9.00 Å². The lowest BCUT2D eigenvalue weighted by molar-refractivity contribution is -0.135. The van der Waals surface area contributed by atoms with Crippen LogP contribution < -0.4 is 0 Å². The van der Waals surface area contributed by atoms with Crippen molar-refractivity contribution in [3.63, 3.8) is 0 Å². The molecule has 0 heterocycles. The number of carbonyl (C=O) groups excluding carboxylic acids is 1. The highest BCUT2D eigenvalue weighted by Gasteiger charge is 2.15. The van der Waals surface area contributed by atoms with Crippen LogP contribution in [0.4, 0.5) is 0 Å². The quantitative estimate of drug-likeness (QED) is 0.547. The Balaban J connectivity index is 2.49. The number of hydrogen-bond donors (Lipinski definition) is 0. The fraction of sp³-hybridized carbons (Fsp3) is 0.417. The van der Waals surface area contributed by atoms with Gasteiger partial charge in [-0.1, -0.05) is 18.2 Å². The van der Waals surface area contributed by atoms with Gasteiger partial charge in [-0.15, -0.1) is 0 Å². The highest BCUT2D eigenvalue weighted by atomic mass is 32.2. The topological polar surface area (TPSA) is 52.6 Å². The molecule has 0 bridgehead atoms. The molecular weight excluding hydrogens is 241 g/mol. The number of hydrogen-bond acceptors (Lipinski definition) is 4. The highest BCUT2D eigenvalue weighted by Crippen LogP contribution is 2.07. The first-order valence-electron chi connectivity index (χ1n) is 5.18. The maximum atomic E-state index is 11.8. The molecule has 5 heteroatoms. The summed E-state index contributed by atoms with van der Waals surface area (Å²) in [6.07, 6.45) is -0.443. The Kier molecular flexibility index (Phi) is 6.04. The molecule has 1 unspecified atom stereocenters. The Labute approximate surface area is 103 Å². The molecule has 0 radical (unpaired) electrons. The molecule has 1 aromatic carbocycles. The van der Waals surface area contributed by atoms with Crippen molar-refractivity contribution in [2.75, 3.05) is 20.0 Å². The van der Waals surface area contributed by atoms with Gasteiger partial charge < -0.3 is 9.47 Å². The fourth-order valence-corrected chi connectivity index (χ4v) is 2.35. The second-order valence-electron chi connectivity index (χ2n) is 3.45. The van der Waals surface area contributed by atoms with Gasteiger partial charge in [0.2, 0.25) is 0 Å². The lowest BCUT2D eigenvalue weighted by Crippen LogP contribution is -2.21. The van der Waals surface area contributed by atoms with Crippen LogP contribution in [0.25, 0.3) is 0 Å². The number of carbonyl (C=O) groups is 1. The van der Waals surface area contributed by atoms with Crippen LogP contribution in [0.2, 0.25) is 0 Å². The average Bonchev–Trinajstić information content (AvgIpc) is 2.37. The van der Waals surface area contributed by atoms with Crippen LogP contribution in [-0.4, -0.2) is 36.3 Å². The van der Waals surface area contributed by atoms with Gasteiger partial charge in [0.25, 0.3) is 0 Å². The monoisotopic (exact) mass is 257 g/mol. The molecule has 0 amide bonds. The smallest absolute Gasteiger partial charge is 0.163 e. The molecular formula is C12H16O4S. The normalized spacial score (nSPS) is 12.6. The number of methoxy groups -OCH3 is 2. The number of benzene rings is 1. The van der Waals surface area contributed by atoms with Gasteiger partial charge in [0, 0.05) is 19.1 Å². The molecule has 0 saturated carbocycles. The summed E-state index contributed by atoms with van der Waals surface area (Å²) < 4.78 is 21.7. The van der Waals surface area contributed by atoms with Gasteiger partial charge >= 0.3 is 0 Å². The van der Waals surface area contributed by atoms with Crippen LogP contribution >= 0.6 is 0 Å². The maximum absolute atomic E-state index is 11.8. The van der Waals surface area contributed by atoms with Gasteiger partial charge in [-0.2, -0.15) is 0 Å². The summed E-state index contributed by atoms with van der Waals surface area (Å²) in [6, 6.07) is 8.92. The molecule has 0 N–H and O–H groups in total. The number of ketones is 1. The highest BCUT2D eigenvalue weighted by molar-refractivity contribution is 7.85. The van der Waals surface area contributed by atoms with Crippen molar-refractivity contribution in [3.05, 3.63) is 30.3 Å². The summed E-state index contributed by atoms with van der Waals surface area (Å²) in [7, 11) is 1.64. The van der Waals surface area contributed by atoms with E-state index in [-0.39, 0.29) is 18.0 Å². The molecule has 17 heavy (non-hydrogen) atoms. The van der Waals surface area contributed by atoms with Crippen molar-refractivity contribution in [2.24, 2.45) is 0 Å². The van der Waals surface area contributed by atoms with Gasteiger partial charge in [-0.3, -0.25) is 9.00 Å². The molecule has 1 atom stereocenters. The first-order valence-corrected chi connectivity index (χ1v) is 6.50. The number of Topliss-reactive ketones (excluding diaryl/α,β-unsaturated/α-hetero) is 1. The van der Waals surface area contributed by atoms with Crippen LogP contribution in [0.1, 0.15) is 6.42 Å². The molecule has 1 aromatic rings. The maximum Gasteiger partial charge on any atom is 0.163 e. The van der Waals surface area contributed by atoms with Crippen molar-refractivity contribution in [3.8, 4) is 0 Å². The SMILES string of the molecule is COC(CC(=O)[13CH2]S(=O)c1ccccc1)OC. The van der Waals surface area contributed by atoms with E-state index in [4.69, 9.17) is 9.47 Å². The van der Waals surface area contributed by atoms with Crippen molar-refractivity contribution in [1.29, 1.82) is 0 Å².